The SMILES string of the molecule is CC(C)C[C@H](NC(=O)[C@@H](NC(=O)[C@@H](N)CNC(=O)c1nn[nH]n1)C(C)C)C(=O)NCCC(=O)Nc1cccc(C(=O)O)c1. The predicted molar refractivity (Wildman–Crippen MR) is 152 cm³/mol. The lowest BCUT2D eigenvalue weighted by Gasteiger charge is -2.27. The van der Waals surface area contributed by atoms with Gasteiger partial charge in [0.1, 0.15) is 18.1 Å². The number of anilines is 1. The highest BCUT2D eigenvalue weighted by Gasteiger charge is 2.30. The number of amides is 5. The van der Waals surface area contributed by atoms with Crippen molar-refractivity contribution in [1.82, 2.24) is 41.9 Å². The fraction of sp³-hybridized carbons (Fsp3) is 0.500. The molecule has 1 aromatic carbocycles. The second-order valence-electron chi connectivity index (χ2n) is 10.4. The van der Waals surface area contributed by atoms with E-state index >= 15 is 0 Å². The number of hydrogen-bond acceptors (Lipinski definition) is 10. The molecule has 3 atom stereocenters. The van der Waals surface area contributed by atoms with Crippen LogP contribution in [0.15, 0.2) is 24.3 Å². The number of rotatable bonds is 16. The average molecular weight is 603 g/mol. The highest BCUT2D eigenvalue weighted by Crippen LogP contribution is 2.11. The van der Waals surface area contributed by atoms with Gasteiger partial charge in [0.05, 0.1) is 5.56 Å². The van der Waals surface area contributed by atoms with E-state index in [4.69, 9.17) is 10.8 Å². The van der Waals surface area contributed by atoms with E-state index in [1.165, 1.54) is 18.2 Å². The Labute approximate surface area is 247 Å². The molecule has 1 aromatic heterocycles. The molecule has 0 fully saturated rings. The molecular formula is C26H38N10O7. The van der Waals surface area contributed by atoms with Crippen LogP contribution < -0.4 is 32.3 Å². The summed E-state index contributed by atoms with van der Waals surface area (Å²) in [4.78, 5) is 74.2. The van der Waals surface area contributed by atoms with E-state index in [0.717, 1.165) is 0 Å². The lowest BCUT2D eigenvalue weighted by Crippen LogP contribution is -2.58. The van der Waals surface area contributed by atoms with Gasteiger partial charge in [-0.3, -0.25) is 24.0 Å². The zero-order chi connectivity index (χ0) is 32.1. The van der Waals surface area contributed by atoms with Crippen molar-refractivity contribution >= 4 is 41.2 Å². The Bertz CT molecular complexity index is 1280. The summed E-state index contributed by atoms with van der Waals surface area (Å²) < 4.78 is 0. The van der Waals surface area contributed by atoms with Crippen LogP contribution in [0.5, 0.6) is 0 Å². The molecule has 0 saturated heterocycles. The number of nitrogens with two attached hydrogens (primary N) is 1. The number of aromatic amines is 1. The monoisotopic (exact) mass is 602 g/mol. The summed E-state index contributed by atoms with van der Waals surface area (Å²) in [6.07, 6.45) is 0.184. The van der Waals surface area contributed by atoms with Gasteiger partial charge in [0, 0.05) is 25.2 Å². The molecule has 0 spiro atoms. The Morgan fingerprint density at radius 1 is 0.977 bits per heavy atom. The third kappa shape index (κ3) is 11.5. The van der Waals surface area contributed by atoms with Crippen LogP contribution in [0.4, 0.5) is 5.69 Å². The van der Waals surface area contributed by atoms with Crippen LogP contribution >= 0.6 is 0 Å². The molecule has 0 aliphatic rings. The minimum atomic E-state index is -1.20. The fourth-order valence-electron chi connectivity index (χ4n) is 3.77. The van der Waals surface area contributed by atoms with E-state index in [1.54, 1.807) is 19.9 Å². The smallest absolute Gasteiger partial charge is 0.335 e. The molecule has 17 heteroatoms. The number of tetrazole rings is 1. The first-order chi connectivity index (χ1) is 20.3. The molecule has 5 amide bonds. The van der Waals surface area contributed by atoms with Crippen molar-refractivity contribution in [3.05, 3.63) is 35.7 Å². The summed E-state index contributed by atoms with van der Waals surface area (Å²) in [6.45, 7) is 6.85. The Balaban J connectivity index is 1.92. The number of aromatic carboxylic acids is 1. The van der Waals surface area contributed by atoms with Crippen LogP contribution in [-0.4, -0.2) is 92.5 Å². The minimum Gasteiger partial charge on any atom is -0.478 e. The standard InChI is InChI=1S/C26H38N10O7/c1-13(2)10-18(23(39)28-9-8-19(37)30-16-7-5-6-15(11-16)26(42)43)31-24(40)20(14(3)4)32-22(38)17(27)12-29-25(41)21-33-35-36-34-21/h5-7,11,13-14,17-18,20H,8-10,12,27H2,1-4H3,(H,28,39)(H,29,41)(H,30,37)(H,31,40)(H,32,38)(H,42,43)(H,33,34,35,36)/t17-,18-,20-/m0/s1. The lowest BCUT2D eigenvalue weighted by molar-refractivity contribution is -0.133. The molecule has 2 aromatic rings. The first kappa shape index (κ1) is 34.3. The zero-order valence-electron chi connectivity index (χ0n) is 24.3. The van der Waals surface area contributed by atoms with Gasteiger partial charge in [-0.25, -0.2) is 4.79 Å². The Morgan fingerprint density at radius 2 is 1.70 bits per heavy atom. The highest BCUT2D eigenvalue weighted by atomic mass is 16.4. The number of nitrogens with one attached hydrogen (secondary N) is 6. The molecule has 0 radical (unpaired) electrons. The van der Waals surface area contributed by atoms with Crippen LogP contribution in [0.25, 0.3) is 0 Å². The van der Waals surface area contributed by atoms with Crippen LogP contribution in [0.1, 0.15) is 61.5 Å². The summed E-state index contributed by atoms with van der Waals surface area (Å²) in [5.74, 6) is -4.68. The number of H-pyrrole nitrogens is 1. The molecule has 0 aliphatic carbocycles. The fourth-order valence-corrected chi connectivity index (χ4v) is 3.77. The van der Waals surface area contributed by atoms with E-state index in [9.17, 15) is 28.8 Å². The number of carbonyl (C=O) groups is 6. The number of carbonyl (C=O) groups excluding carboxylic acids is 5. The molecule has 0 aliphatic heterocycles. The molecule has 17 nitrogen and oxygen atoms in total. The third-order valence-corrected chi connectivity index (χ3v) is 6.00. The van der Waals surface area contributed by atoms with Crippen molar-refractivity contribution in [1.29, 1.82) is 0 Å². The average Bonchev–Trinajstić information content (AvgIpc) is 3.48. The predicted octanol–water partition coefficient (Wildman–Crippen LogP) is -1.23. The topological polar surface area (TPSA) is 263 Å². The van der Waals surface area contributed by atoms with Gasteiger partial charge in [-0.05, 0) is 41.7 Å². The van der Waals surface area contributed by atoms with E-state index in [1.807, 2.05) is 13.8 Å². The van der Waals surface area contributed by atoms with Crippen molar-refractivity contribution in [3.63, 3.8) is 0 Å². The highest BCUT2D eigenvalue weighted by molar-refractivity contribution is 5.95. The molecule has 234 valence electrons. The van der Waals surface area contributed by atoms with Crippen LogP contribution in [0.2, 0.25) is 0 Å². The van der Waals surface area contributed by atoms with E-state index < -0.39 is 53.6 Å². The first-order valence-electron chi connectivity index (χ1n) is 13.6. The van der Waals surface area contributed by atoms with Crippen molar-refractivity contribution in [3.8, 4) is 0 Å². The van der Waals surface area contributed by atoms with Gasteiger partial charge in [-0.1, -0.05) is 33.8 Å². The quantitative estimate of drug-likeness (QED) is 0.113. The van der Waals surface area contributed by atoms with Crippen molar-refractivity contribution < 1.29 is 33.9 Å². The van der Waals surface area contributed by atoms with Gasteiger partial charge >= 0.3 is 5.97 Å². The molecule has 9 N–H and O–H groups in total. The molecule has 2 rings (SSSR count). The van der Waals surface area contributed by atoms with Crippen LogP contribution in [0.3, 0.4) is 0 Å². The summed E-state index contributed by atoms with van der Waals surface area (Å²) in [6, 6.07) is 2.56. The third-order valence-electron chi connectivity index (χ3n) is 6.00. The Hall–Kier alpha value is -4.93. The van der Waals surface area contributed by atoms with E-state index in [-0.39, 0.29) is 49.2 Å². The second kappa shape index (κ2) is 16.5. The van der Waals surface area contributed by atoms with Crippen LogP contribution in [-0.2, 0) is 19.2 Å². The van der Waals surface area contributed by atoms with E-state index in [0.29, 0.717) is 5.69 Å². The number of benzene rings is 1. The van der Waals surface area contributed by atoms with Crippen molar-refractivity contribution in [2.45, 2.75) is 58.7 Å². The van der Waals surface area contributed by atoms with Gasteiger partial charge in [-0.15, -0.1) is 10.2 Å². The van der Waals surface area contributed by atoms with Gasteiger partial charge in [-0.2, -0.15) is 5.21 Å². The zero-order valence-corrected chi connectivity index (χ0v) is 24.3. The van der Waals surface area contributed by atoms with Crippen LogP contribution in [0, 0.1) is 11.8 Å². The molecule has 0 saturated carbocycles. The van der Waals surface area contributed by atoms with Gasteiger partial charge in [0.25, 0.3) is 11.7 Å². The van der Waals surface area contributed by atoms with Crippen molar-refractivity contribution in [2.24, 2.45) is 17.6 Å². The summed E-state index contributed by atoms with van der Waals surface area (Å²) in [7, 11) is 0. The molecular weight excluding hydrogens is 564 g/mol. The molecule has 43 heavy (non-hydrogen) atoms. The van der Waals surface area contributed by atoms with Gasteiger partial charge in [0.2, 0.25) is 23.6 Å². The Kier molecular flexibility index (Phi) is 13.1. The number of aromatic nitrogens is 4. The molecule has 0 bridgehead atoms. The maximum absolute atomic E-state index is 13.2. The van der Waals surface area contributed by atoms with Gasteiger partial charge < -0.3 is 37.4 Å². The first-order valence-corrected chi connectivity index (χ1v) is 13.6. The normalized spacial score (nSPS) is 13.0. The molecule has 0 unspecified atom stereocenters. The lowest BCUT2D eigenvalue weighted by atomic mass is 9.99. The summed E-state index contributed by atoms with van der Waals surface area (Å²) in [5, 5.41) is 34.4. The summed E-state index contributed by atoms with van der Waals surface area (Å²) in [5.41, 5.74) is 6.21. The second-order valence-corrected chi connectivity index (χ2v) is 10.4. The molecule has 1 heterocycles. The largest absolute Gasteiger partial charge is 0.478 e. The number of nitrogens with zero attached hydrogens (tertiary/aromatic N) is 3. The number of carboxylic acid groups (broad SMARTS) is 1. The summed E-state index contributed by atoms with van der Waals surface area (Å²) >= 11 is 0. The van der Waals surface area contributed by atoms with Gasteiger partial charge in [0.15, 0.2) is 0 Å². The minimum absolute atomic E-state index is 0.0171. The number of carboxylic acids is 1. The van der Waals surface area contributed by atoms with Crippen molar-refractivity contribution in [2.75, 3.05) is 18.4 Å². The maximum atomic E-state index is 13.2. The number of hydrogen-bond donors (Lipinski definition) is 8. The van der Waals surface area contributed by atoms with E-state index in [2.05, 4.69) is 47.2 Å². The Morgan fingerprint density at radius 3 is 2.30 bits per heavy atom. The maximum Gasteiger partial charge on any atom is 0.335 e.